The summed E-state index contributed by atoms with van der Waals surface area (Å²) in [5, 5.41) is 0. The summed E-state index contributed by atoms with van der Waals surface area (Å²) in [6.07, 6.45) is 97.1. The van der Waals surface area contributed by atoms with E-state index in [2.05, 4.69) is 167 Å². The second-order valence-electron chi connectivity index (χ2n) is 21.6. The number of carbonyl (C=O) groups excluding carboxylic acids is 3. The molecule has 458 valence electrons. The Morgan fingerprint density at radius 2 is 0.481 bits per heavy atom. The third kappa shape index (κ3) is 66.0. The van der Waals surface area contributed by atoms with Crippen LogP contribution < -0.4 is 0 Å². The van der Waals surface area contributed by atoms with Gasteiger partial charge in [-0.1, -0.05) is 276 Å². The summed E-state index contributed by atoms with van der Waals surface area (Å²) in [5.41, 5.74) is 0. The van der Waals surface area contributed by atoms with Gasteiger partial charge in [0.2, 0.25) is 0 Å². The van der Waals surface area contributed by atoms with Crippen LogP contribution in [0.5, 0.6) is 0 Å². The van der Waals surface area contributed by atoms with Crippen LogP contribution in [0.15, 0.2) is 146 Å². The van der Waals surface area contributed by atoms with Gasteiger partial charge in [-0.05, 0) is 141 Å². The van der Waals surface area contributed by atoms with Gasteiger partial charge in [-0.25, -0.2) is 0 Å². The topological polar surface area (TPSA) is 78.9 Å². The number of ether oxygens (including phenoxy) is 3. The van der Waals surface area contributed by atoms with Crippen molar-refractivity contribution in [1.82, 2.24) is 0 Å². The molecule has 1 unspecified atom stereocenters. The van der Waals surface area contributed by atoms with E-state index in [0.717, 1.165) is 167 Å². The zero-order valence-electron chi connectivity index (χ0n) is 52.5. The minimum atomic E-state index is -0.804. The molecule has 6 heteroatoms. The normalized spacial score (nSPS) is 13.1. The Hall–Kier alpha value is -4.71. The first-order chi connectivity index (χ1) is 40.0. The van der Waals surface area contributed by atoms with Crippen molar-refractivity contribution in [2.24, 2.45) is 0 Å². The van der Waals surface area contributed by atoms with Crippen molar-refractivity contribution < 1.29 is 28.6 Å². The molecule has 0 saturated heterocycles. The Balaban J connectivity index is 4.44. The van der Waals surface area contributed by atoms with Crippen LogP contribution in [0, 0.1) is 0 Å². The van der Waals surface area contributed by atoms with Crippen LogP contribution >= 0.6 is 0 Å². The summed E-state index contributed by atoms with van der Waals surface area (Å²) in [6, 6.07) is 0. The van der Waals surface area contributed by atoms with Gasteiger partial charge < -0.3 is 14.2 Å². The van der Waals surface area contributed by atoms with Crippen LogP contribution in [0.2, 0.25) is 0 Å². The van der Waals surface area contributed by atoms with Crippen molar-refractivity contribution in [2.75, 3.05) is 13.2 Å². The van der Waals surface area contributed by atoms with Crippen LogP contribution in [0.25, 0.3) is 0 Å². The lowest BCUT2D eigenvalue weighted by Gasteiger charge is -2.18. The highest BCUT2D eigenvalue weighted by Gasteiger charge is 2.19. The molecule has 81 heavy (non-hydrogen) atoms. The van der Waals surface area contributed by atoms with Crippen LogP contribution in [-0.4, -0.2) is 37.2 Å². The molecule has 0 amide bonds. The largest absolute Gasteiger partial charge is 0.462 e. The summed E-state index contributed by atoms with van der Waals surface area (Å²) in [6.45, 7) is 6.38. The van der Waals surface area contributed by atoms with E-state index < -0.39 is 6.10 Å². The summed E-state index contributed by atoms with van der Waals surface area (Å²) in [4.78, 5) is 38.4. The Bertz CT molecular complexity index is 1760. The lowest BCUT2D eigenvalue weighted by molar-refractivity contribution is -0.167. The van der Waals surface area contributed by atoms with E-state index in [1.54, 1.807) is 0 Å². The van der Waals surface area contributed by atoms with E-state index in [9.17, 15) is 14.4 Å². The number of hydrogen-bond donors (Lipinski definition) is 0. The third-order valence-corrected chi connectivity index (χ3v) is 13.8. The highest BCUT2D eigenvalue weighted by molar-refractivity contribution is 5.71. The molecule has 0 saturated carbocycles. The summed E-state index contributed by atoms with van der Waals surface area (Å²) in [7, 11) is 0. The van der Waals surface area contributed by atoms with Gasteiger partial charge in [0.05, 0.1) is 0 Å². The quantitative estimate of drug-likeness (QED) is 0.0261. The van der Waals surface area contributed by atoms with Gasteiger partial charge in [-0.3, -0.25) is 14.4 Å². The zero-order chi connectivity index (χ0) is 58.5. The monoisotopic (exact) mass is 1120 g/mol. The molecule has 1 atom stereocenters. The maximum Gasteiger partial charge on any atom is 0.306 e. The minimum Gasteiger partial charge on any atom is -0.462 e. The third-order valence-electron chi connectivity index (χ3n) is 13.8. The first kappa shape index (κ1) is 76.3. The Kier molecular flexibility index (Phi) is 63.9. The molecule has 6 nitrogen and oxygen atoms in total. The van der Waals surface area contributed by atoms with E-state index in [-0.39, 0.29) is 31.1 Å². The molecule has 0 rings (SSSR count). The first-order valence-electron chi connectivity index (χ1n) is 33.3. The van der Waals surface area contributed by atoms with E-state index in [1.807, 2.05) is 0 Å². The number of unbranched alkanes of at least 4 members (excludes halogenated alkanes) is 24. The summed E-state index contributed by atoms with van der Waals surface area (Å²) < 4.78 is 16.9. The summed E-state index contributed by atoms with van der Waals surface area (Å²) >= 11 is 0. The van der Waals surface area contributed by atoms with Gasteiger partial charge >= 0.3 is 17.9 Å². The average molecular weight is 1120 g/mol. The highest BCUT2D eigenvalue weighted by atomic mass is 16.6. The Morgan fingerprint density at radius 3 is 0.753 bits per heavy atom. The fourth-order valence-corrected chi connectivity index (χ4v) is 8.88. The van der Waals surface area contributed by atoms with Crippen LogP contribution in [0.1, 0.15) is 290 Å². The molecule has 0 bridgehead atoms. The molecule has 0 aromatic heterocycles. The smallest absolute Gasteiger partial charge is 0.306 e. The first-order valence-corrected chi connectivity index (χ1v) is 33.3. The molecule has 0 radical (unpaired) electrons. The fraction of sp³-hybridized carbons (Fsp3) is 0.640. The molecule has 0 heterocycles. The molecular weight excluding hydrogens is 997 g/mol. The zero-order valence-corrected chi connectivity index (χ0v) is 52.5. The van der Waals surface area contributed by atoms with E-state index in [0.29, 0.717) is 19.3 Å². The van der Waals surface area contributed by atoms with Crippen molar-refractivity contribution in [1.29, 1.82) is 0 Å². The van der Waals surface area contributed by atoms with E-state index in [4.69, 9.17) is 14.2 Å². The maximum atomic E-state index is 12.9. The number of carbonyl (C=O) groups is 3. The van der Waals surface area contributed by atoms with Crippen molar-refractivity contribution in [3.63, 3.8) is 0 Å². The fourth-order valence-electron chi connectivity index (χ4n) is 8.88. The average Bonchev–Trinajstić information content (AvgIpc) is 3.47. The van der Waals surface area contributed by atoms with Crippen molar-refractivity contribution in [2.45, 2.75) is 297 Å². The van der Waals surface area contributed by atoms with Gasteiger partial charge in [0, 0.05) is 19.3 Å². The molecule has 0 aliphatic heterocycles. The van der Waals surface area contributed by atoms with Crippen molar-refractivity contribution >= 4 is 17.9 Å². The SMILES string of the molecule is CC/C=C\C/C=C\C/C=C\C/C=C\C/C=C\C/C=C\C/C=C\CCCCCCCC(=O)OCC(COC(=O)CCCCCCC/C=C\C/C=C\C/C=C\CC)OC(=O)CCCCCCCCCCC/C=C\C/C=C\CCCCCCC. The lowest BCUT2D eigenvalue weighted by Crippen LogP contribution is -2.30. The highest BCUT2D eigenvalue weighted by Crippen LogP contribution is 2.15. The summed E-state index contributed by atoms with van der Waals surface area (Å²) in [5.74, 6) is -0.936. The molecule has 0 aromatic rings. The van der Waals surface area contributed by atoms with Gasteiger partial charge in [-0.15, -0.1) is 0 Å². The van der Waals surface area contributed by atoms with Gasteiger partial charge in [-0.2, -0.15) is 0 Å². The van der Waals surface area contributed by atoms with Crippen LogP contribution in [0.4, 0.5) is 0 Å². The van der Waals surface area contributed by atoms with Gasteiger partial charge in [0.15, 0.2) is 6.10 Å². The molecule has 0 aliphatic rings. The predicted octanol–water partition coefficient (Wildman–Crippen LogP) is 23.1. The molecule has 0 spiro atoms. The number of rotatable bonds is 59. The second kappa shape index (κ2) is 67.8. The Morgan fingerprint density at radius 1 is 0.259 bits per heavy atom. The number of hydrogen-bond acceptors (Lipinski definition) is 6. The van der Waals surface area contributed by atoms with Gasteiger partial charge in [0.1, 0.15) is 13.2 Å². The second-order valence-corrected chi connectivity index (χ2v) is 21.6. The maximum absolute atomic E-state index is 12.9. The van der Waals surface area contributed by atoms with E-state index >= 15 is 0 Å². The molecule has 0 aromatic carbocycles. The molecule has 0 aliphatic carbocycles. The lowest BCUT2D eigenvalue weighted by atomic mass is 10.1. The minimum absolute atomic E-state index is 0.0996. The Labute approximate surface area is 499 Å². The van der Waals surface area contributed by atoms with Crippen molar-refractivity contribution in [3.05, 3.63) is 146 Å². The standard InChI is InChI=1S/C75H122O6/c1-4-7-10-13-16-19-22-25-28-30-32-34-35-36-37-38-39-41-42-44-47-50-53-56-59-62-65-68-74(77)80-71-72(70-79-73(76)67-64-61-58-55-52-49-46-27-24-21-18-15-12-9-6-3)81-75(78)69-66-63-60-57-54-51-48-45-43-40-33-31-29-26-23-20-17-14-11-8-5-2/h7,9-10,12,16,18-19,21,23,25-28,31-34,36-37,39,41,44,46-47,72H,4-6,8,11,13-15,17,20,22,24,29-30,35,38,40,42-43,45,48-71H2,1-3H3/b10-7-,12-9-,19-16-,21-18-,26-23-,28-25-,33-31-,34-32-,37-36-,41-39-,46-27-,47-44-. The van der Waals surface area contributed by atoms with Crippen LogP contribution in [-0.2, 0) is 28.6 Å². The number of allylic oxidation sites excluding steroid dienone is 24. The van der Waals surface area contributed by atoms with E-state index in [1.165, 1.54) is 83.5 Å². The molecule has 0 fully saturated rings. The molecule has 0 N–H and O–H groups in total. The molecular formula is C75H122O6. The predicted molar refractivity (Wildman–Crippen MR) is 352 cm³/mol. The van der Waals surface area contributed by atoms with Crippen LogP contribution in [0.3, 0.4) is 0 Å². The number of esters is 3. The van der Waals surface area contributed by atoms with Crippen molar-refractivity contribution in [3.8, 4) is 0 Å². The van der Waals surface area contributed by atoms with Gasteiger partial charge in [0.25, 0.3) is 0 Å².